The van der Waals surface area contributed by atoms with Gasteiger partial charge in [0, 0.05) is 18.6 Å². The van der Waals surface area contributed by atoms with Gasteiger partial charge in [-0.2, -0.15) is 0 Å². The zero-order valence-electron chi connectivity index (χ0n) is 11.9. The van der Waals surface area contributed by atoms with Gasteiger partial charge in [-0.05, 0) is 31.2 Å². The molecule has 0 aliphatic rings. The Kier molecular flexibility index (Phi) is 3.78. The van der Waals surface area contributed by atoms with Crippen molar-refractivity contribution in [2.75, 3.05) is 6.54 Å². The van der Waals surface area contributed by atoms with Crippen LogP contribution in [0.5, 0.6) is 5.75 Å². The number of nitrogens with one attached hydrogen (secondary N) is 2. The summed E-state index contributed by atoms with van der Waals surface area (Å²) < 4.78 is 20.1. The van der Waals surface area contributed by atoms with Crippen molar-refractivity contribution in [3.8, 4) is 5.75 Å². The maximum absolute atomic E-state index is 12.8. The van der Waals surface area contributed by atoms with Gasteiger partial charge in [-0.25, -0.2) is 13.9 Å². The molecule has 2 aromatic heterocycles. The van der Waals surface area contributed by atoms with E-state index < -0.39 is 0 Å². The van der Waals surface area contributed by atoms with Crippen molar-refractivity contribution in [1.82, 2.24) is 19.9 Å². The molecule has 0 saturated carbocycles. The lowest BCUT2D eigenvalue weighted by Crippen LogP contribution is -2.33. The lowest BCUT2D eigenvalue weighted by molar-refractivity contribution is 0.0933. The third kappa shape index (κ3) is 2.93. The number of aromatic amines is 1. The molecule has 0 radical (unpaired) electrons. The molecular weight excluding hydrogens is 287 g/mol. The van der Waals surface area contributed by atoms with E-state index >= 15 is 0 Å². The summed E-state index contributed by atoms with van der Waals surface area (Å²) in [6.07, 6.45) is 4.70. The van der Waals surface area contributed by atoms with Crippen molar-refractivity contribution in [2.45, 2.75) is 13.0 Å². The van der Waals surface area contributed by atoms with E-state index in [1.54, 1.807) is 35.2 Å². The van der Waals surface area contributed by atoms with Crippen LogP contribution in [0.4, 0.5) is 4.39 Å². The number of rotatable bonds is 5. The lowest BCUT2D eigenvalue weighted by Gasteiger charge is -2.15. The van der Waals surface area contributed by atoms with Crippen LogP contribution in [0.15, 0.2) is 42.9 Å². The van der Waals surface area contributed by atoms with E-state index in [0.29, 0.717) is 23.5 Å². The van der Waals surface area contributed by atoms with Gasteiger partial charge in [0.25, 0.3) is 5.91 Å². The molecule has 0 aliphatic carbocycles. The molecular formula is C15H15FN4O2. The van der Waals surface area contributed by atoms with Crippen LogP contribution in [0.1, 0.15) is 17.3 Å². The molecule has 0 fully saturated rings. The first-order valence-electron chi connectivity index (χ1n) is 6.84. The maximum Gasteiger partial charge on any atom is 0.256 e. The number of carbonyl (C=O) groups is 1. The molecule has 1 aromatic carbocycles. The fraction of sp³-hybridized carbons (Fsp3) is 0.200. The number of carbonyl (C=O) groups excluding carboxylic acids is 1. The number of halogens is 1. The fourth-order valence-electron chi connectivity index (χ4n) is 2.09. The Morgan fingerprint density at radius 2 is 2.23 bits per heavy atom. The molecule has 0 saturated heterocycles. The summed E-state index contributed by atoms with van der Waals surface area (Å²) in [5, 5.41) is 5.70. The number of fused-ring (bicyclic) bond motifs is 1. The minimum Gasteiger partial charge on any atom is -0.489 e. The van der Waals surface area contributed by atoms with Gasteiger partial charge in [0.05, 0.1) is 6.54 Å². The Balaban J connectivity index is 1.56. The molecule has 2 heterocycles. The Bertz CT molecular complexity index is 778. The fourth-order valence-corrected chi connectivity index (χ4v) is 2.09. The number of imidazole rings is 1. The molecule has 114 valence electrons. The molecule has 1 atom stereocenters. The quantitative estimate of drug-likeness (QED) is 0.757. The van der Waals surface area contributed by atoms with Crippen molar-refractivity contribution in [2.24, 2.45) is 0 Å². The van der Waals surface area contributed by atoms with Crippen molar-refractivity contribution >= 4 is 11.6 Å². The SMILES string of the molecule is C[C@H](CNC(=O)c1c[nH]n2ccnc12)Oc1ccc(F)cc1. The minimum absolute atomic E-state index is 0.230. The topological polar surface area (TPSA) is 71.4 Å². The smallest absolute Gasteiger partial charge is 0.256 e. The molecule has 22 heavy (non-hydrogen) atoms. The van der Waals surface area contributed by atoms with E-state index in [9.17, 15) is 9.18 Å². The van der Waals surface area contributed by atoms with Gasteiger partial charge in [0.15, 0.2) is 5.65 Å². The second-order valence-corrected chi connectivity index (χ2v) is 4.90. The summed E-state index contributed by atoms with van der Waals surface area (Å²) in [5.41, 5.74) is 1.04. The van der Waals surface area contributed by atoms with E-state index in [4.69, 9.17) is 4.74 Å². The molecule has 0 bridgehead atoms. The van der Waals surface area contributed by atoms with Crippen molar-refractivity contribution in [3.05, 3.63) is 54.2 Å². The minimum atomic E-state index is -0.315. The summed E-state index contributed by atoms with van der Waals surface area (Å²) in [5.74, 6) is 0.0110. The number of benzene rings is 1. The highest BCUT2D eigenvalue weighted by molar-refractivity contribution is 5.99. The molecule has 3 aromatic rings. The zero-order valence-corrected chi connectivity index (χ0v) is 11.9. The Morgan fingerprint density at radius 3 is 3.00 bits per heavy atom. The van der Waals surface area contributed by atoms with Gasteiger partial charge in [-0.1, -0.05) is 0 Å². The summed E-state index contributed by atoms with van der Waals surface area (Å²) in [6.45, 7) is 2.15. The summed E-state index contributed by atoms with van der Waals surface area (Å²) in [6, 6.07) is 5.76. The first-order valence-corrected chi connectivity index (χ1v) is 6.84. The van der Waals surface area contributed by atoms with Crippen LogP contribution in [-0.2, 0) is 0 Å². The number of ether oxygens (including phenoxy) is 1. The van der Waals surface area contributed by atoms with Crippen LogP contribution >= 0.6 is 0 Å². The van der Waals surface area contributed by atoms with Crippen LogP contribution in [0, 0.1) is 5.82 Å². The number of hydrogen-bond acceptors (Lipinski definition) is 3. The van der Waals surface area contributed by atoms with E-state index in [-0.39, 0.29) is 17.8 Å². The van der Waals surface area contributed by atoms with Crippen molar-refractivity contribution < 1.29 is 13.9 Å². The highest BCUT2D eigenvalue weighted by atomic mass is 19.1. The number of hydrogen-bond donors (Lipinski definition) is 2. The standard InChI is InChI=1S/C15H15FN4O2/c1-10(22-12-4-2-11(16)3-5-12)8-18-15(21)13-9-19-20-7-6-17-14(13)20/h2-7,9-10,19H,8H2,1H3,(H,18,21)/t10-/m1/s1. The summed E-state index contributed by atoms with van der Waals surface area (Å²) in [7, 11) is 0. The third-order valence-electron chi connectivity index (χ3n) is 3.18. The normalized spacial score (nSPS) is 12.3. The third-order valence-corrected chi connectivity index (χ3v) is 3.18. The van der Waals surface area contributed by atoms with Crippen LogP contribution in [-0.4, -0.2) is 33.2 Å². The Hall–Kier alpha value is -2.83. The van der Waals surface area contributed by atoms with Crippen LogP contribution < -0.4 is 10.1 Å². The molecule has 1 amide bonds. The van der Waals surface area contributed by atoms with Crippen LogP contribution in [0.2, 0.25) is 0 Å². The van der Waals surface area contributed by atoms with E-state index in [1.165, 1.54) is 12.1 Å². The number of amides is 1. The van der Waals surface area contributed by atoms with E-state index in [0.717, 1.165) is 0 Å². The zero-order chi connectivity index (χ0) is 15.5. The monoisotopic (exact) mass is 302 g/mol. The van der Waals surface area contributed by atoms with Gasteiger partial charge >= 0.3 is 0 Å². The lowest BCUT2D eigenvalue weighted by atomic mass is 10.3. The van der Waals surface area contributed by atoms with Crippen molar-refractivity contribution in [1.29, 1.82) is 0 Å². The van der Waals surface area contributed by atoms with Gasteiger partial charge in [-0.15, -0.1) is 0 Å². The molecule has 2 N–H and O–H groups in total. The van der Waals surface area contributed by atoms with Crippen LogP contribution in [0.25, 0.3) is 5.65 Å². The van der Waals surface area contributed by atoms with Gasteiger partial charge < -0.3 is 10.1 Å². The number of nitrogens with zero attached hydrogens (tertiary/aromatic N) is 2. The van der Waals surface area contributed by atoms with Gasteiger partial charge in [0.2, 0.25) is 0 Å². The molecule has 0 spiro atoms. The van der Waals surface area contributed by atoms with E-state index in [1.807, 2.05) is 6.92 Å². The Labute approximate surface area is 125 Å². The highest BCUT2D eigenvalue weighted by Crippen LogP contribution is 2.13. The summed E-state index contributed by atoms with van der Waals surface area (Å²) >= 11 is 0. The molecule has 0 unspecified atom stereocenters. The molecule has 6 nitrogen and oxygen atoms in total. The van der Waals surface area contributed by atoms with Gasteiger partial charge in [0.1, 0.15) is 23.2 Å². The summed E-state index contributed by atoms with van der Waals surface area (Å²) in [4.78, 5) is 16.2. The molecule has 3 rings (SSSR count). The molecule has 0 aliphatic heterocycles. The van der Waals surface area contributed by atoms with Crippen molar-refractivity contribution in [3.63, 3.8) is 0 Å². The Morgan fingerprint density at radius 1 is 1.45 bits per heavy atom. The van der Waals surface area contributed by atoms with Gasteiger partial charge in [-0.3, -0.25) is 9.89 Å². The average molecular weight is 302 g/mol. The average Bonchev–Trinajstić information content (AvgIpc) is 3.10. The largest absolute Gasteiger partial charge is 0.489 e. The second-order valence-electron chi connectivity index (χ2n) is 4.90. The highest BCUT2D eigenvalue weighted by Gasteiger charge is 2.14. The van der Waals surface area contributed by atoms with E-state index in [2.05, 4.69) is 15.4 Å². The maximum atomic E-state index is 12.8. The first kappa shape index (κ1) is 14.1. The number of H-pyrrole nitrogens is 1. The van der Waals surface area contributed by atoms with Crippen LogP contribution in [0.3, 0.4) is 0 Å². The number of aromatic nitrogens is 3. The first-order chi connectivity index (χ1) is 10.6. The second kappa shape index (κ2) is 5.88. The predicted molar refractivity (Wildman–Crippen MR) is 78.4 cm³/mol. The molecule has 7 heteroatoms. The predicted octanol–water partition coefficient (Wildman–Crippen LogP) is 2.00.